The predicted molar refractivity (Wildman–Crippen MR) is 65.8 cm³/mol. The van der Waals surface area contributed by atoms with Crippen LogP contribution in [0, 0.1) is 0 Å². The van der Waals surface area contributed by atoms with E-state index >= 15 is 0 Å². The molecule has 1 aliphatic rings. The van der Waals surface area contributed by atoms with Crippen LogP contribution >= 0.6 is 0 Å². The van der Waals surface area contributed by atoms with Crippen LogP contribution < -0.4 is 10.6 Å². The van der Waals surface area contributed by atoms with E-state index in [0.717, 1.165) is 31.5 Å². The number of aliphatic carboxylic acids is 1. The van der Waals surface area contributed by atoms with Gasteiger partial charge in [-0.1, -0.05) is 30.3 Å². The number of rotatable bonds is 4. The van der Waals surface area contributed by atoms with E-state index in [1.165, 1.54) is 0 Å². The first-order chi connectivity index (χ1) is 8.27. The van der Waals surface area contributed by atoms with Crippen LogP contribution in [0.1, 0.15) is 24.4 Å². The lowest BCUT2D eigenvalue weighted by molar-refractivity contribution is -0.140. The Morgan fingerprint density at radius 3 is 2.53 bits per heavy atom. The first kappa shape index (κ1) is 12.1. The van der Waals surface area contributed by atoms with Gasteiger partial charge in [-0.25, -0.2) is 0 Å². The maximum Gasteiger partial charge on any atom is 0.325 e. The molecule has 1 aromatic rings. The van der Waals surface area contributed by atoms with E-state index in [-0.39, 0.29) is 6.04 Å². The molecule has 4 nitrogen and oxygen atoms in total. The van der Waals surface area contributed by atoms with Crippen molar-refractivity contribution in [3.05, 3.63) is 35.9 Å². The summed E-state index contributed by atoms with van der Waals surface area (Å²) >= 11 is 0. The zero-order valence-corrected chi connectivity index (χ0v) is 9.73. The summed E-state index contributed by atoms with van der Waals surface area (Å²) in [6.07, 6.45) is 1.97. The van der Waals surface area contributed by atoms with Crippen LogP contribution in [-0.2, 0) is 4.79 Å². The van der Waals surface area contributed by atoms with Crippen molar-refractivity contribution in [3.8, 4) is 0 Å². The minimum atomic E-state index is -0.810. The maximum atomic E-state index is 11.3. The molecule has 1 unspecified atom stereocenters. The average molecular weight is 234 g/mol. The van der Waals surface area contributed by atoms with Crippen molar-refractivity contribution in [2.45, 2.75) is 24.9 Å². The quantitative estimate of drug-likeness (QED) is 0.731. The first-order valence-corrected chi connectivity index (χ1v) is 6.02. The normalized spacial score (nSPS) is 18.8. The van der Waals surface area contributed by atoms with E-state index in [9.17, 15) is 9.90 Å². The topological polar surface area (TPSA) is 61.4 Å². The highest BCUT2D eigenvalue weighted by atomic mass is 16.4. The molecule has 2 rings (SSSR count). The van der Waals surface area contributed by atoms with Crippen molar-refractivity contribution in [1.29, 1.82) is 0 Å². The second-order valence-electron chi connectivity index (χ2n) is 4.37. The van der Waals surface area contributed by atoms with Crippen LogP contribution in [0.25, 0.3) is 0 Å². The summed E-state index contributed by atoms with van der Waals surface area (Å²) in [5, 5.41) is 15.8. The number of hydrogen-bond acceptors (Lipinski definition) is 3. The molecule has 1 aliphatic heterocycles. The Bertz CT molecular complexity index is 361. The predicted octanol–water partition coefficient (Wildman–Crippen LogP) is 1.15. The molecule has 4 heteroatoms. The van der Waals surface area contributed by atoms with Crippen LogP contribution in [0.4, 0.5) is 0 Å². The average Bonchev–Trinajstić information content (AvgIpc) is 2.38. The van der Waals surface area contributed by atoms with Crippen molar-refractivity contribution < 1.29 is 9.90 Å². The van der Waals surface area contributed by atoms with Gasteiger partial charge in [0.25, 0.3) is 0 Å². The Morgan fingerprint density at radius 2 is 1.94 bits per heavy atom. The summed E-state index contributed by atoms with van der Waals surface area (Å²) in [5.41, 5.74) is 0.818. The Kier molecular flexibility index (Phi) is 4.12. The zero-order valence-electron chi connectivity index (χ0n) is 9.73. The summed E-state index contributed by atoms with van der Waals surface area (Å²) in [4.78, 5) is 11.3. The van der Waals surface area contributed by atoms with Gasteiger partial charge in [-0.3, -0.25) is 10.1 Å². The van der Waals surface area contributed by atoms with Crippen LogP contribution in [0.3, 0.4) is 0 Å². The number of nitrogens with one attached hydrogen (secondary N) is 2. The molecule has 1 aromatic carbocycles. The number of benzene rings is 1. The fraction of sp³-hybridized carbons (Fsp3) is 0.462. The lowest BCUT2D eigenvalue weighted by Gasteiger charge is -2.27. The first-order valence-electron chi connectivity index (χ1n) is 6.02. The van der Waals surface area contributed by atoms with Gasteiger partial charge in [-0.15, -0.1) is 0 Å². The standard InChI is InChI=1S/C13H18N2O2/c16-13(17)12(10-4-2-1-3-5-10)15-11-6-8-14-9-7-11/h1-5,11-12,14-15H,6-9H2,(H,16,17). The third kappa shape index (κ3) is 3.28. The molecule has 1 atom stereocenters. The molecule has 1 saturated heterocycles. The largest absolute Gasteiger partial charge is 0.480 e. The smallest absolute Gasteiger partial charge is 0.325 e. The van der Waals surface area contributed by atoms with Crippen LogP contribution in [0.5, 0.6) is 0 Å². The Hall–Kier alpha value is -1.39. The summed E-state index contributed by atoms with van der Waals surface area (Å²) in [6.45, 7) is 1.91. The fourth-order valence-corrected chi connectivity index (χ4v) is 2.18. The Morgan fingerprint density at radius 1 is 1.29 bits per heavy atom. The van der Waals surface area contributed by atoms with E-state index < -0.39 is 12.0 Å². The molecule has 17 heavy (non-hydrogen) atoms. The van der Waals surface area contributed by atoms with E-state index in [0.29, 0.717) is 0 Å². The summed E-state index contributed by atoms with van der Waals surface area (Å²) in [6, 6.07) is 9.04. The van der Waals surface area contributed by atoms with Crippen molar-refractivity contribution in [1.82, 2.24) is 10.6 Å². The Balaban J connectivity index is 2.05. The summed E-state index contributed by atoms with van der Waals surface area (Å²) in [7, 11) is 0. The molecule has 0 bridgehead atoms. The highest BCUT2D eigenvalue weighted by molar-refractivity contribution is 5.75. The minimum Gasteiger partial charge on any atom is -0.480 e. The minimum absolute atomic E-state index is 0.289. The zero-order chi connectivity index (χ0) is 12.1. The number of hydrogen-bond donors (Lipinski definition) is 3. The Labute approximate surface area is 101 Å². The van der Waals surface area contributed by atoms with Gasteiger partial charge in [0.15, 0.2) is 0 Å². The summed E-state index contributed by atoms with van der Waals surface area (Å²) in [5.74, 6) is -0.810. The van der Waals surface area contributed by atoms with E-state index in [4.69, 9.17) is 0 Å². The van der Waals surface area contributed by atoms with E-state index in [1.807, 2.05) is 30.3 Å². The highest BCUT2D eigenvalue weighted by Gasteiger charge is 2.23. The second kappa shape index (κ2) is 5.80. The molecule has 0 aliphatic carbocycles. The van der Waals surface area contributed by atoms with Gasteiger partial charge in [0.05, 0.1) is 0 Å². The lowest BCUT2D eigenvalue weighted by Crippen LogP contribution is -2.43. The molecular formula is C13H18N2O2. The van der Waals surface area contributed by atoms with Crippen LogP contribution in [-0.4, -0.2) is 30.2 Å². The molecule has 92 valence electrons. The number of carboxylic acid groups (broad SMARTS) is 1. The van der Waals surface area contributed by atoms with E-state index in [1.54, 1.807) is 0 Å². The molecule has 1 fully saturated rings. The highest BCUT2D eigenvalue weighted by Crippen LogP contribution is 2.16. The summed E-state index contributed by atoms with van der Waals surface area (Å²) < 4.78 is 0. The van der Waals surface area contributed by atoms with Gasteiger partial charge < -0.3 is 10.4 Å². The fourth-order valence-electron chi connectivity index (χ4n) is 2.18. The van der Waals surface area contributed by atoms with Gasteiger partial charge in [0, 0.05) is 6.04 Å². The van der Waals surface area contributed by atoms with Gasteiger partial charge in [-0.2, -0.15) is 0 Å². The molecular weight excluding hydrogens is 216 g/mol. The van der Waals surface area contributed by atoms with Crippen LogP contribution in [0.15, 0.2) is 30.3 Å². The molecule has 0 aromatic heterocycles. The molecule has 0 radical (unpaired) electrons. The van der Waals surface area contributed by atoms with Gasteiger partial charge >= 0.3 is 5.97 Å². The third-order valence-electron chi connectivity index (χ3n) is 3.12. The van der Waals surface area contributed by atoms with Crippen molar-refractivity contribution in [2.24, 2.45) is 0 Å². The van der Waals surface area contributed by atoms with Crippen molar-refractivity contribution in [3.63, 3.8) is 0 Å². The monoisotopic (exact) mass is 234 g/mol. The van der Waals surface area contributed by atoms with Crippen LogP contribution in [0.2, 0.25) is 0 Å². The van der Waals surface area contributed by atoms with Crippen molar-refractivity contribution >= 4 is 5.97 Å². The molecule has 3 N–H and O–H groups in total. The number of piperidine rings is 1. The third-order valence-corrected chi connectivity index (χ3v) is 3.12. The lowest BCUT2D eigenvalue weighted by atomic mass is 10.0. The number of carbonyl (C=O) groups is 1. The molecule has 0 amide bonds. The van der Waals surface area contributed by atoms with E-state index in [2.05, 4.69) is 10.6 Å². The SMILES string of the molecule is O=C(O)C(NC1CCNCC1)c1ccccc1. The van der Waals surface area contributed by atoms with Gasteiger partial charge in [0.1, 0.15) is 6.04 Å². The molecule has 0 saturated carbocycles. The van der Waals surface area contributed by atoms with Crippen molar-refractivity contribution in [2.75, 3.05) is 13.1 Å². The van der Waals surface area contributed by atoms with Gasteiger partial charge in [-0.05, 0) is 31.5 Å². The second-order valence-corrected chi connectivity index (χ2v) is 4.37. The number of carboxylic acids is 1. The van der Waals surface area contributed by atoms with Gasteiger partial charge in [0.2, 0.25) is 0 Å². The maximum absolute atomic E-state index is 11.3. The molecule has 1 heterocycles. The molecule has 0 spiro atoms.